The van der Waals surface area contributed by atoms with Crippen LogP contribution in [0.5, 0.6) is 0 Å². The van der Waals surface area contributed by atoms with Gasteiger partial charge in [0.1, 0.15) is 6.54 Å². The summed E-state index contributed by atoms with van der Waals surface area (Å²) in [4.78, 5) is 32.5. The van der Waals surface area contributed by atoms with Gasteiger partial charge in [-0.2, -0.15) is 0 Å². The first kappa shape index (κ1) is 11.0. The molecule has 0 aliphatic carbocycles. The average molecular weight is 223 g/mol. The van der Waals surface area contributed by atoms with Crippen LogP contribution in [0.4, 0.5) is 0 Å². The van der Waals surface area contributed by atoms with E-state index in [0.717, 1.165) is 0 Å². The number of carbonyl (C=O) groups is 1. The molecule has 14 heavy (non-hydrogen) atoms. The fraction of sp³-hybridized carbons (Fsp3) is 0.600. The first-order chi connectivity index (χ1) is 6.38. The third kappa shape index (κ3) is 3.33. The van der Waals surface area contributed by atoms with E-state index in [0.29, 0.717) is 13.1 Å². The minimum absolute atomic E-state index is 0.0688. The number of aliphatic carboxylic acids is 1. The molecule has 0 spiro atoms. The number of carboxylic acids is 1. The molecule has 4 N–H and O–H groups in total. The topological polar surface area (TPSA) is 122 Å². The lowest BCUT2D eigenvalue weighted by molar-refractivity contribution is -0.137. The molecule has 0 aromatic heterocycles. The number of nitrogens with one attached hydrogen (secondary N) is 1. The van der Waals surface area contributed by atoms with E-state index >= 15 is 0 Å². The van der Waals surface area contributed by atoms with E-state index in [2.05, 4.69) is 4.99 Å². The van der Waals surface area contributed by atoms with Gasteiger partial charge in [0.2, 0.25) is 5.96 Å². The molecule has 1 rings (SSSR count). The second-order valence-electron chi connectivity index (χ2n) is 2.68. The Labute approximate surface area is 79.5 Å². The molecular formula is C5H10N3O5P. The smallest absolute Gasteiger partial charge is 0.429 e. The van der Waals surface area contributed by atoms with Crippen LogP contribution >= 0.6 is 7.75 Å². The van der Waals surface area contributed by atoms with Crippen LogP contribution in [0, 0.1) is 0 Å². The molecule has 0 fully saturated rings. The van der Waals surface area contributed by atoms with Gasteiger partial charge in [-0.1, -0.05) is 0 Å². The van der Waals surface area contributed by atoms with Crippen molar-refractivity contribution >= 4 is 19.7 Å². The Bertz CT molecular complexity index is 310. The van der Waals surface area contributed by atoms with Gasteiger partial charge in [-0.25, -0.2) is 4.57 Å². The number of aliphatic imine (C=N–C) groups is 1. The van der Waals surface area contributed by atoms with Gasteiger partial charge in [-0.3, -0.25) is 14.9 Å². The van der Waals surface area contributed by atoms with Gasteiger partial charge in [0, 0.05) is 6.54 Å². The van der Waals surface area contributed by atoms with Crippen LogP contribution in [0.15, 0.2) is 4.99 Å². The lowest BCUT2D eigenvalue weighted by Crippen LogP contribution is -2.39. The molecule has 1 heterocycles. The summed E-state index contributed by atoms with van der Waals surface area (Å²) in [6.45, 7) is 0.343. The summed E-state index contributed by atoms with van der Waals surface area (Å²) in [6.07, 6.45) is 0. The van der Waals surface area contributed by atoms with Crippen LogP contribution in [0.25, 0.3) is 0 Å². The molecule has 0 amide bonds. The Morgan fingerprint density at radius 3 is 2.79 bits per heavy atom. The van der Waals surface area contributed by atoms with Crippen molar-refractivity contribution in [2.45, 2.75) is 0 Å². The van der Waals surface area contributed by atoms with Crippen LogP contribution in [0.2, 0.25) is 0 Å². The fourth-order valence-electron chi connectivity index (χ4n) is 1.04. The molecule has 80 valence electrons. The number of hydrogen-bond donors (Lipinski definition) is 4. The zero-order valence-electron chi connectivity index (χ0n) is 7.12. The van der Waals surface area contributed by atoms with Gasteiger partial charge in [0.05, 0.1) is 6.54 Å². The summed E-state index contributed by atoms with van der Waals surface area (Å²) in [5.41, 5.74) is 0. The van der Waals surface area contributed by atoms with Gasteiger partial charge in [-0.15, -0.1) is 0 Å². The lowest BCUT2D eigenvalue weighted by Gasteiger charge is -2.18. The minimum atomic E-state index is -4.41. The van der Waals surface area contributed by atoms with Crippen LogP contribution < -0.4 is 5.09 Å². The highest BCUT2D eigenvalue weighted by Crippen LogP contribution is 2.28. The summed E-state index contributed by atoms with van der Waals surface area (Å²) >= 11 is 0. The van der Waals surface area contributed by atoms with Crippen molar-refractivity contribution in [2.24, 2.45) is 4.99 Å². The maximum Gasteiger partial charge on any atom is 0.429 e. The summed E-state index contributed by atoms with van der Waals surface area (Å²) in [6, 6.07) is 0. The van der Waals surface area contributed by atoms with Crippen molar-refractivity contribution in [2.75, 3.05) is 19.6 Å². The maximum atomic E-state index is 10.5. The molecule has 0 saturated carbocycles. The second-order valence-corrected chi connectivity index (χ2v) is 3.99. The van der Waals surface area contributed by atoms with Crippen molar-refractivity contribution in [3.05, 3.63) is 0 Å². The van der Waals surface area contributed by atoms with Gasteiger partial charge >= 0.3 is 13.7 Å². The molecule has 8 nitrogen and oxygen atoms in total. The van der Waals surface area contributed by atoms with Gasteiger partial charge in [0.25, 0.3) is 0 Å². The number of guanidine groups is 1. The summed E-state index contributed by atoms with van der Waals surface area (Å²) in [7, 11) is -4.41. The number of carboxylic acid groups (broad SMARTS) is 1. The molecule has 1 aliphatic heterocycles. The standard InChI is InChI=1S/C5H10N3O5P/c9-4(10)3-8-2-1-6-5(8)7-14(11,12)13/h1-3H2,(H,9,10)(H3,6,7,11,12,13). The highest BCUT2D eigenvalue weighted by molar-refractivity contribution is 7.50. The maximum absolute atomic E-state index is 10.5. The minimum Gasteiger partial charge on any atom is -0.480 e. The van der Waals surface area contributed by atoms with E-state index in [9.17, 15) is 9.36 Å². The first-order valence-electron chi connectivity index (χ1n) is 3.73. The number of rotatable bonds is 3. The van der Waals surface area contributed by atoms with Crippen molar-refractivity contribution in [1.82, 2.24) is 9.99 Å². The van der Waals surface area contributed by atoms with Gasteiger partial charge < -0.3 is 19.8 Å². The fourth-order valence-corrected chi connectivity index (χ4v) is 1.51. The highest BCUT2D eigenvalue weighted by atomic mass is 31.2. The molecule has 0 saturated heterocycles. The highest BCUT2D eigenvalue weighted by Gasteiger charge is 2.24. The molecule has 9 heteroatoms. The SMILES string of the molecule is O=C(O)CN1CCN=C1NP(=O)(O)O. The average Bonchev–Trinajstić information content (AvgIpc) is 2.32. The molecule has 0 bridgehead atoms. The van der Waals surface area contributed by atoms with E-state index in [1.165, 1.54) is 4.90 Å². The Hall–Kier alpha value is -1.11. The molecule has 0 radical (unpaired) electrons. The predicted octanol–water partition coefficient (Wildman–Crippen LogP) is -1.58. The van der Waals surface area contributed by atoms with E-state index in [1.54, 1.807) is 0 Å². The quantitative estimate of drug-likeness (QED) is 0.426. The zero-order valence-corrected chi connectivity index (χ0v) is 8.02. The Morgan fingerprint density at radius 1 is 1.64 bits per heavy atom. The molecule has 0 unspecified atom stereocenters. The van der Waals surface area contributed by atoms with Crippen LogP contribution in [-0.4, -0.2) is 51.4 Å². The van der Waals surface area contributed by atoms with E-state index in [4.69, 9.17) is 14.9 Å². The molecule has 0 aromatic carbocycles. The van der Waals surface area contributed by atoms with Crippen molar-refractivity contribution in [1.29, 1.82) is 0 Å². The van der Waals surface area contributed by atoms with E-state index < -0.39 is 13.7 Å². The Morgan fingerprint density at radius 2 is 2.29 bits per heavy atom. The van der Waals surface area contributed by atoms with Gasteiger partial charge in [-0.05, 0) is 0 Å². The summed E-state index contributed by atoms with van der Waals surface area (Å²) in [5.74, 6) is -1.15. The van der Waals surface area contributed by atoms with Crippen LogP contribution in [0.3, 0.4) is 0 Å². The Kier molecular flexibility index (Phi) is 3.10. The van der Waals surface area contributed by atoms with Crippen LogP contribution in [-0.2, 0) is 9.36 Å². The number of nitrogens with zero attached hydrogens (tertiary/aromatic N) is 2. The zero-order chi connectivity index (χ0) is 10.8. The largest absolute Gasteiger partial charge is 0.480 e. The third-order valence-electron chi connectivity index (χ3n) is 1.50. The Balaban J connectivity index is 2.60. The monoisotopic (exact) mass is 223 g/mol. The second kappa shape index (κ2) is 3.95. The molecule has 1 aliphatic rings. The molecule has 0 atom stereocenters. The van der Waals surface area contributed by atoms with Crippen molar-refractivity contribution in [3.63, 3.8) is 0 Å². The van der Waals surface area contributed by atoms with E-state index in [1.807, 2.05) is 5.09 Å². The first-order valence-corrected chi connectivity index (χ1v) is 5.35. The lowest BCUT2D eigenvalue weighted by atomic mass is 10.5. The van der Waals surface area contributed by atoms with E-state index in [-0.39, 0.29) is 12.5 Å². The van der Waals surface area contributed by atoms with Crippen molar-refractivity contribution < 1.29 is 24.3 Å². The molecule has 0 aromatic rings. The summed E-state index contributed by atoms with van der Waals surface area (Å²) < 4.78 is 10.5. The normalized spacial score (nSPS) is 16.7. The van der Waals surface area contributed by atoms with Crippen molar-refractivity contribution in [3.8, 4) is 0 Å². The summed E-state index contributed by atoms with van der Waals surface area (Å²) in [5, 5.41) is 10.3. The predicted molar refractivity (Wildman–Crippen MR) is 46.7 cm³/mol. The third-order valence-corrected chi connectivity index (χ3v) is 1.99. The molecular weight excluding hydrogens is 213 g/mol. The number of hydrogen-bond acceptors (Lipinski definition) is 4. The van der Waals surface area contributed by atoms with Crippen LogP contribution in [0.1, 0.15) is 0 Å². The van der Waals surface area contributed by atoms with Gasteiger partial charge in [0.15, 0.2) is 0 Å².